The lowest BCUT2D eigenvalue weighted by atomic mass is 9.98. The van der Waals surface area contributed by atoms with Gasteiger partial charge in [0.05, 0.1) is 11.7 Å². The van der Waals surface area contributed by atoms with Gasteiger partial charge in [-0.2, -0.15) is 5.10 Å². The summed E-state index contributed by atoms with van der Waals surface area (Å²) >= 11 is 0. The van der Waals surface area contributed by atoms with Crippen LogP contribution in [0.5, 0.6) is 0 Å². The summed E-state index contributed by atoms with van der Waals surface area (Å²) in [6, 6.07) is 6.36. The van der Waals surface area contributed by atoms with E-state index in [4.69, 9.17) is 9.52 Å². The zero-order chi connectivity index (χ0) is 14.3. The second-order valence-corrected chi connectivity index (χ2v) is 4.43. The van der Waals surface area contributed by atoms with Crippen molar-refractivity contribution in [3.8, 4) is 11.1 Å². The van der Waals surface area contributed by atoms with Crippen LogP contribution in [-0.4, -0.2) is 21.3 Å². The summed E-state index contributed by atoms with van der Waals surface area (Å²) in [5.74, 6) is -1.63. The molecule has 3 rings (SSSR count). The van der Waals surface area contributed by atoms with Crippen molar-refractivity contribution in [2.24, 2.45) is 0 Å². The van der Waals surface area contributed by atoms with Crippen molar-refractivity contribution in [1.29, 1.82) is 0 Å². The molecule has 6 nitrogen and oxygen atoms in total. The van der Waals surface area contributed by atoms with Gasteiger partial charge in [0.25, 0.3) is 0 Å². The number of aromatic carboxylic acids is 1. The Morgan fingerprint density at radius 1 is 1.30 bits per heavy atom. The number of carbonyl (C=O) groups is 1. The summed E-state index contributed by atoms with van der Waals surface area (Å²) in [6.45, 7) is 1.85. The van der Waals surface area contributed by atoms with E-state index in [9.17, 15) is 9.59 Å². The number of benzene rings is 1. The largest absolute Gasteiger partial charge is 0.475 e. The standard InChI is InChI=1S/C14H10N2O4/c1-7-4-11-8(6-15-16-11)5-10(7)9-2-3-12(17)20-13(9)14(18)19/h2-6H,1H3,(H,15,16)(H,18,19). The maximum atomic E-state index is 11.2. The minimum atomic E-state index is -1.27. The van der Waals surface area contributed by atoms with Crippen molar-refractivity contribution in [2.45, 2.75) is 6.92 Å². The van der Waals surface area contributed by atoms with Crippen LogP contribution in [0.2, 0.25) is 0 Å². The van der Waals surface area contributed by atoms with Crippen LogP contribution >= 0.6 is 0 Å². The van der Waals surface area contributed by atoms with E-state index in [1.165, 1.54) is 12.1 Å². The molecule has 1 aromatic carbocycles. The van der Waals surface area contributed by atoms with Gasteiger partial charge in [0, 0.05) is 17.0 Å². The van der Waals surface area contributed by atoms with Gasteiger partial charge < -0.3 is 9.52 Å². The summed E-state index contributed by atoms with van der Waals surface area (Å²) in [6.07, 6.45) is 1.65. The van der Waals surface area contributed by atoms with Crippen LogP contribution in [0.4, 0.5) is 0 Å². The molecule has 0 saturated carbocycles. The lowest BCUT2D eigenvalue weighted by Crippen LogP contribution is -2.07. The third kappa shape index (κ3) is 1.87. The first kappa shape index (κ1) is 12.2. The van der Waals surface area contributed by atoms with Crippen molar-refractivity contribution in [2.75, 3.05) is 0 Å². The Morgan fingerprint density at radius 2 is 2.10 bits per heavy atom. The molecule has 0 atom stereocenters. The van der Waals surface area contributed by atoms with E-state index in [0.29, 0.717) is 11.1 Å². The van der Waals surface area contributed by atoms with Gasteiger partial charge in [-0.25, -0.2) is 9.59 Å². The van der Waals surface area contributed by atoms with E-state index >= 15 is 0 Å². The van der Waals surface area contributed by atoms with Crippen LogP contribution < -0.4 is 5.63 Å². The van der Waals surface area contributed by atoms with E-state index in [1.807, 2.05) is 19.1 Å². The molecular weight excluding hydrogens is 260 g/mol. The molecule has 2 aromatic heterocycles. The number of hydrogen-bond acceptors (Lipinski definition) is 4. The smallest absolute Gasteiger partial charge is 0.372 e. The number of aryl methyl sites for hydroxylation is 1. The van der Waals surface area contributed by atoms with Gasteiger partial charge in [0.2, 0.25) is 5.76 Å². The van der Waals surface area contributed by atoms with E-state index in [-0.39, 0.29) is 5.76 Å². The molecule has 0 fully saturated rings. The fraction of sp³-hybridized carbons (Fsp3) is 0.0714. The number of nitrogens with zero attached hydrogens (tertiary/aromatic N) is 1. The van der Waals surface area contributed by atoms with Gasteiger partial charge in [-0.15, -0.1) is 0 Å². The Kier molecular flexibility index (Phi) is 2.64. The number of nitrogens with one attached hydrogen (secondary N) is 1. The zero-order valence-electron chi connectivity index (χ0n) is 10.5. The predicted octanol–water partition coefficient (Wildman–Crippen LogP) is 2.19. The Bertz CT molecular complexity index is 876. The topological polar surface area (TPSA) is 96.2 Å². The van der Waals surface area contributed by atoms with Crippen molar-refractivity contribution in [3.63, 3.8) is 0 Å². The Hall–Kier alpha value is -2.89. The fourth-order valence-electron chi connectivity index (χ4n) is 2.18. The van der Waals surface area contributed by atoms with Gasteiger partial charge in [-0.05, 0) is 36.2 Å². The minimum absolute atomic E-state index is 0.358. The fourth-order valence-corrected chi connectivity index (χ4v) is 2.18. The molecular formula is C14H10N2O4. The number of aromatic nitrogens is 2. The molecule has 2 N–H and O–H groups in total. The monoisotopic (exact) mass is 270 g/mol. The summed E-state index contributed by atoms with van der Waals surface area (Å²) in [4.78, 5) is 22.4. The molecule has 0 spiro atoms. The van der Waals surface area contributed by atoms with E-state index in [1.54, 1.807) is 6.20 Å². The van der Waals surface area contributed by atoms with E-state index in [0.717, 1.165) is 16.5 Å². The number of carboxylic acids is 1. The third-order valence-electron chi connectivity index (χ3n) is 3.10. The van der Waals surface area contributed by atoms with Crippen LogP contribution in [0.3, 0.4) is 0 Å². The van der Waals surface area contributed by atoms with Crippen LogP contribution in [-0.2, 0) is 0 Å². The molecule has 0 aliphatic carbocycles. The molecule has 6 heteroatoms. The second kappa shape index (κ2) is 4.34. The number of fused-ring (bicyclic) bond motifs is 1. The first-order chi connectivity index (χ1) is 9.56. The summed E-state index contributed by atoms with van der Waals surface area (Å²) in [5, 5.41) is 16.8. The summed E-state index contributed by atoms with van der Waals surface area (Å²) in [7, 11) is 0. The molecule has 20 heavy (non-hydrogen) atoms. The number of rotatable bonds is 2. The van der Waals surface area contributed by atoms with E-state index in [2.05, 4.69) is 10.2 Å². The van der Waals surface area contributed by atoms with Crippen molar-refractivity contribution < 1.29 is 14.3 Å². The second-order valence-electron chi connectivity index (χ2n) is 4.43. The van der Waals surface area contributed by atoms with Gasteiger partial charge in [0.15, 0.2) is 0 Å². The molecule has 0 aliphatic heterocycles. The highest BCUT2D eigenvalue weighted by molar-refractivity contribution is 5.95. The summed E-state index contributed by atoms with van der Waals surface area (Å²) < 4.78 is 4.79. The highest BCUT2D eigenvalue weighted by atomic mass is 16.4. The average Bonchev–Trinajstić information content (AvgIpc) is 2.85. The minimum Gasteiger partial charge on any atom is -0.475 e. The van der Waals surface area contributed by atoms with Crippen LogP contribution in [0, 0.1) is 6.92 Å². The molecule has 0 radical (unpaired) electrons. The lowest BCUT2D eigenvalue weighted by molar-refractivity contribution is 0.0658. The maximum Gasteiger partial charge on any atom is 0.372 e. The normalized spacial score (nSPS) is 10.8. The first-order valence-corrected chi connectivity index (χ1v) is 5.88. The van der Waals surface area contributed by atoms with Gasteiger partial charge in [0.1, 0.15) is 0 Å². The van der Waals surface area contributed by atoms with Gasteiger partial charge in [-0.1, -0.05) is 0 Å². The maximum absolute atomic E-state index is 11.2. The molecule has 0 unspecified atom stereocenters. The molecule has 2 heterocycles. The number of hydrogen-bond donors (Lipinski definition) is 2. The van der Waals surface area contributed by atoms with Crippen molar-refractivity contribution in [1.82, 2.24) is 10.2 Å². The van der Waals surface area contributed by atoms with Crippen LogP contribution in [0.25, 0.3) is 22.0 Å². The highest BCUT2D eigenvalue weighted by Gasteiger charge is 2.17. The zero-order valence-corrected chi connectivity index (χ0v) is 10.5. The Morgan fingerprint density at radius 3 is 2.85 bits per heavy atom. The molecule has 0 amide bonds. The Balaban J connectivity index is 2.32. The molecule has 0 aliphatic rings. The average molecular weight is 270 g/mol. The predicted molar refractivity (Wildman–Crippen MR) is 71.8 cm³/mol. The van der Waals surface area contributed by atoms with Gasteiger partial charge >= 0.3 is 11.6 Å². The Labute approximate surface area is 112 Å². The molecule has 0 saturated heterocycles. The molecule has 3 aromatic rings. The van der Waals surface area contributed by atoms with Crippen molar-refractivity contribution >= 4 is 16.9 Å². The SMILES string of the molecule is Cc1cc2[nH]ncc2cc1-c1ccc(=O)oc1C(=O)O. The van der Waals surface area contributed by atoms with Gasteiger partial charge in [-0.3, -0.25) is 5.10 Å². The highest BCUT2D eigenvalue weighted by Crippen LogP contribution is 2.29. The number of aromatic amines is 1. The number of H-pyrrole nitrogens is 1. The van der Waals surface area contributed by atoms with Crippen LogP contribution in [0.15, 0.2) is 39.7 Å². The number of carboxylic acid groups (broad SMARTS) is 1. The summed E-state index contributed by atoms with van der Waals surface area (Å²) in [5.41, 5.74) is 2.10. The van der Waals surface area contributed by atoms with E-state index < -0.39 is 11.6 Å². The van der Waals surface area contributed by atoms with Crippen molar-refractivity contribution in [3.05, 3.63) is 52.2 Å². The molecule has 100 valence electrons. The lowest BCUT2D eigenvalue weighted by Gasteiger charge is -2.08. The van der Waals surface area contributed by atoms with Crippen LogP contribution in [0.1, 0.15) is 16.1 Å². The first-order valence-electron chi connectivity index (χ1n) is 5.88. The quantitative estimate of drug-likeness (QED) is 0.744. The third-order valence-corrected chi connectivity index (χ3v) is 3.10. The molecule has 0 bridgehead atoms.